The molecule has 0 atom stereocenters. The molecule has 0 aliphatic carbocycles. The summed E-state index contributed by atoms with van der Waals surface area (Å²) in [6.07, 6.45) is 0. The van der Waals surface area contributed by atoms with Gasteiger partial charge in [-0.1, -0.05) is 8.86 Å². The highest BCUT2D eigenvalue weighted by Gasteiger charge is 1.59. The third kappa shape index (κ3) is 254. The molecule has 0 nitrogen and oxygen atoms in total. The molecule has 0 aliphatic rings. The van der Waals surface area contributed by atoms with E-state index in [1.165, 1.54) is 6.92 Å². The third-order valence-electron chi connectivity index (χ3n) is 0. The minimum atomic E-state index is -0.278. The average molecular weight is 78.0 g/mol. The molecule has 2 heteroatoms. The van der Waals surface area contributed by atoms with Crippen LogP contribution in [0, 0.1) is 0 Å². The molecule has 0 saturated carbocycles. The van der Waals surface area contributed by atoms with Gasteiger partial charge in [-0.2, -0.15) is 0 Å². The highest BCUT2D eigenvalue weighted by molar-refractivity contribution is 7.20. The van der Waals surface area contributed by atoms with Crippen LogP contribution in [0.3, 0.4) is 0 Å². The Morgan fingerprint density at radius 3 is 2.00 bits per heavy atom. The first kappa shape index (κ1) is 4.10. The lowest BCUT2D eigenvalue weighted by Gasteiger charge is -1.58. The lowest BCUT2D eigenvalue weighted by atomic mass is 10.9. The van der Waals surface area contributed by atoms with E-state index in [0.717, 1.165) is 0 Å². The van der Waals surface area contributed by atoms with E-state index in [9.17, 15) is 4.39 Å². The van der Waals surface area contributed by atoms with Crippen molar-refractivity contribution in [3.8, 4) is 0 Å². The zero-order valence-corrected chi connectivity index (χ0v) is 3.38. The second-order valence-corrected chi connectivity index (χ2v) is 1.22. The van der Waals surface area contributed by atoms with Crippen LogP contribution >= 0.6 is 8.86 Å². The van der Waals surface area contributed by atoms with Crippen LogP contribution in [0.15, 0.2) is 0 Å². The topological polar surface area (TPSA) is 0 Å². The van der Waals surface area contributed by atoms with E-state index in [4.69, 9.17) is 0 Å². The molecule has 0 heterocycles. The van der Waals surface area contributed by atoms with E-state index in [1.54, 1.807) is 0 Å². The summed E-state index contributed by atoms with van der Waals surface area (Å²) in [5, 5.41) is 0. The van der Waals surface area contributed by atoms with E-state index in [0.29, 0.717) is 0 Å². The van der Waals surface area contributed by atoms with Crippen LogP contribution in [-0.2, 0) is 0 Å². The van der Waals surface area contributed by atoms with Crippen molar-refractivity contribution in [2.75, 3.05) is 0 Å². The minimum absolute atomic E-state index is 0.278. The van der Waals surface area contributed by atoms with Gasteiger partial charge in [-0.25, -0.2) is 4.39 Å². The Kier molecular flexibility index (Phi) is 1.46. The zero-order valence-electron chi connectivity index (χ0n) is 2.38. The average Bonchev–Trinajstić information content (AvgIpc) is 0.811. The molecule has 0 bridgehead atoms. The van der Waals surface area contributed by atoms with E-state index in [2.05, 4.69) is 8.86 Å². The van der Waals surface area contributed by atoms with Gasteiger partial charge < -0.3 is 0 Å². The molecule has 0 rings (SSSR count). The van der Waals surface area contributed by atoms with E-state index in [-0.39, 0.29) is 5.55 Å². The van der Waals surface area contributed by atoms with Gasteiger partial charge >= 0.3 is 0 Å². The summed E-state index contributed by atoms with van der Waals surface area (Å²) in [4.78, 5) is 0. The van der Waals surface area contributed by atoms with Crippen molar-refractivity contribution in [3.63, 3.8) is 0 Å². The lowest BCUT2D eigenvalue weighted by molar-refractivity contribution is 0.823. The summed E-state index contributed by atoms with van der Waals surface area (Å²) in [7, 11) is 2.56. The summed E-state index contributed by atoms with van der Waals surface area (Å²) in [6, 6.07) is 0. The van der Waals surface area contributed by atoms with Crippen molar-refractivity contribution in [3.05, 3.63) is 0 Å². The summed E-state index contributed by atoms with van der Waals surface area (Å²) >= 11 is 0. The fourth-order valence-electron chi connectivity index (χ4n) is 0. The van der Waals surface area contributed by atoms with Gasteiger partial charge in [0.2, 0.25) is 0 Å². The molecule has 0 saturated heterocycles. The summed E-state index contributed by atoms with van der Waals surface area (Å²) in [6.45, 7) is 1.33. The Labute approximate surface area is 26.9 Å². The van der Waals surface area contributed by atoms with Crippen LogP contribution in [0.2, 0.25) is 0 Å². The third-order valence-corrected chi connectivity index (χ3v) is 0. The standard InChI is InChI=1S/C2H4FP/c1-2(3)4/h4H,1H3. The van der Waals surface area contributed by atoms with Gasteiger partial charge in [0.1, 0.15) is 5.55 Å². The smallest absolute Gasteiger partial charge is 0.116 e. The largest absolute Gasteiger partial charge is 0.208 e. The maximum Gasteiger partial charge on any atom is 0.116 e. The van der Waals surface area contributed by atoms with Crippen molar-refractivity contribution in [1.82, 2.24) is 0 Å². The molecule has 0 aliphatic heterocycles. The number of halogens is 1. The van der Waals surface area contributed by atoms with Crippen LogP contribution in [-0.4, -0.2) is 5.55 Å². The summed E-state index contributed by atoms with van der Waals surface area (Å²) in [5.74, 6) is 0. The SMILES string of the molecule is CC(F)=P. The van der Waals surface area contributed by atoms with E-state index < -0.39 is 0 Å². The van der Waals surface area contributed by atoms with E-state index >= 15 is 0 Å². The van der Waals surface area contributed by atoms with Gasteiger partial charge in [-0.05, 0) is 6.92 Å². The predicted molar refractivity (Wildman–Crippen MR) is 20.1 cm³/mol. The maximum atomic E-state index is 10.8. The first-order valence-corrected chi connectivity index (χ1v) is 1.44. The Morgan fingerprint density at radius 1 is 2.00 bits per heavy atom. The second kappa shape index (κ2) is 1.42. The molecule has 24 valence electrons. The molecule has 0 fully saturated rings. The van der Waals surface area contributed by atoms with Gasteiger partial charge in [-0.3, -0.25) is 0 Å². The Balaban J connectivity index is 2.80. The molecule has 0 N–H and O–H groups in total. The Morgan fingerprint density at radius 2 is 2.00 bits per heavy atom. The van der Waals surface area contributed by atoms with Crippen molar-refractivity contribution < 1.29 is 4.39 Å². The van der Waals surface area contributed by atoms with Crippen LogP contribution in [0.1, 0.15) is 6.92 Å². The fraction of sp³-hybridized carbons (Fsp3) is 0.500. The number of rotatable bonds is 0. The molecule has 0 amide bonds. The molecule has 0 spiro atoms. The van der Waals surface area contributed by atoms with E-state index in [1.807, 2.05) is 0 Å². The van der Waals surface area contributed by atoms with Crippen molar-refractivity contribution in [1.29, 1.82) is 0 Å². The molecule has 0 radical (unpaired) electrons. The molecule has 0 aromatic rings. The van der Waals surface area contributed by atoms with Gasteiger partial charge in [0.05, 0.1) is 0 Å². The lowest BCUT2D eigenvalue weighted by Crippen LogP contribution is -1.57. The summed E-state index contributed by atoms with van der Waals surface area (Å²) < 4.78 is 10.8. The quantitative estimate of drug-likeness (QED) is 0.382. The van der Waals surface area contributed by atoms with Crippen LogP contribution in [0.25, 0.3) is 0 Å². The Hall–Kier alpha value is 0.100. The second-order valence-electron chi connectivity index (χ2n) is 0.533. The van der Waals surface area contributed by atoms with Gasteiger partial charge in [-0.15, -0.1) is 0 Å². The highest BCUT2D eigenvalue weighted by atomic mass is 31.0. The van der Waals surface area contributed by atoms with Crippen LogP contribution < -0.4 is 0 Å². The monoisotopic (exact) mass is 78.0 g/mol. The molecular formula is C2H4FP. The van der Waals surface area contributed by atoms with Gasteiger partial charge in [0, 0.05) is 0 Å². The van der Waals surface area contributed by atoms with Crippen LogP contribution in [0.4, 0.5) is 4.39 Å². The van der Waals surface area contributed by atoms with Gasteiger partial charge in [0.15, 0.2) is 0 Å². The molecule has 4 heavy (non-hydrogen) atoms. The molecule has 0 aromatic carbocycles. The zero-order chi connectivity index (χ0) is 3.58. The minimum Gasteiger partial charge on any atom is -0.208 e. The normalized spacial score (nSPS) is 6.50. The maximum absolute atomic E-state index is 10.8. The molecular weight excluding hydrogens is 74.0 g/mol. The number of hydrogen-bond acceptors (Lipinski definition) is 0. The van der Waals surface area contributed by atoms with Crippen LogP contribution in [0.5, 0.6) is 0 Å². The summed E-state index contributed by atoms with van der Waals surface area (Å²) in [5.41, 5.74) is -0.278. The fourth-order valence-corrected chi connectivity index (χ4v) is 0. The van der Waals surface area contributed by atoms with Gasteiger partial charge in [0.25, 0.3) is 0 Å². The molecule has 0 unspecified atom stereocenters. The number of hydrogen-bond donors (Lipinski definition) is 0. The highest BCUT2D eigenvalue weighted by Crippen LogP contribution is 1.72. The van der Waals surface area contributed by atoms with Crippen molar-refractivity contribution in [2.24, 2.45) is 0 Å². The first-order valence-electron chi connectivity index (χ1n) is 0.939. The first-order chi connectivity index (χ1) is 1.73. The van der Waals surface area contributed by atoms with Crippen molar-refractivity contribution >= 4 is 14.4 Å². The molecule has 0 aromatic heterocycles. The predicted octanol–water partition coefficient (Wildman–Crippen LogP) is 1.25. The Bertz CT molecular complexity index is 29.0. The van der Waals surface area contributed by atoms with Crippen molar-refractivity contribution in [2.45, 2.75) is 6.92 Å².